The van der Waals surface area contributed by atoms with Gasteiger partial charge in [-0.25, -0.2) is 9.37 Å². The molecule has 2 rings (SSSR count). The van der Waals surface area contributed by atoms with Crippen LogP contribution in [0.1, 0.15) is 16.8 Å². The van der Waals surface area contributed by atoms with E-state index in [0.29, 0.717) is 30.2 Å². The molecule has 1 aromatic heterocycles. The molecule has 0 aliphatic rings. The number of aromatic nitrogens is 1. The molecule has 6 heteroatoms. The number of pyridine rings is 1. The molecule has 0 aliphatic carbocycles. The molecule has 2 aromatic rings. The molecule has 0 spiro atoms. The molecule has 0 radical (unpaired) electrons. The summed E-state index contributed by atoms with van der Waals surface area (Å²) in [7, 11) is 1.65. The lowest BCUT2D eigenvalue weighted by molar-refractivity contribution is 0.102. The van der Waals surface area contributed by atoms with E-state index in [2.05, 4.69) is 15.6 Å². The van der Waals surface area contributed by atoms with E-state index in [1.165, 1.54) is 12.1 Å². The molecule has 0 bridgehead atoms. The maximum absolute atomic E-state index is 13.1. The van der Waals surface area contributed by atoms with Crippen molar-refractivity contribution in [3.8, 4) is 0 Å². The normalized spacial score (nSPS) is 10.3. The van der Waals surface area contributed by atoms with Crippen LogP contribution >= 0.6 is 0 Å². The first-order valence-electron chi connectivity index (χ1n) is 6.95. The van der Waals surface area contributed by atoms with E-state index in [9.17, 15) is 9.18 Å². The minimum absolute atomic E-state index is 0.312. The van der Waals surface area contributed by atoms with Gasteiger partial charge in [0.2, 0.25) is 0 Å². The molecule has 0 fully saturated rings. The van der Waals surface area contributed by atoms with E-state index in [-0.39, 0.29) is 5.91 Å². The van der Waals surface area contributed by atoms with Crippen molar-refractivity contribution in [3.63, 3.8) is 0 Å². The lowest BCUT2D eigenvalue weighted by Crippen LogP contribution is -2.13. The molecule has 0 aliphatic heterocycles. The molecule has 22 heavy (non-hydrogen) atoms. The van der Waals surface area contributed by atoms with Crippen LogP contribution in [0.3, 0.4) is 0 Å². The van der Waals surface area contributed by atoms with Crippen molar-refractivity contribution in [3.05, 3.63) is 54.0 Å². The summed E-state index contributed by atoms with van der Waals surface area (Å²) in [5.74, 6) is -0.0936. The van der Waals surface area contributed by atoms with Crippen LogP contribution in [0.5, 0.6) is 0 Å². The van der Waals surface area contributed by atoms with Gasteiger partial charge in [-0.15, -0.1) is 0 Å². The van der Waals surface area contributed by atoms with Gasteiger partial charge in [-0.2, -0.15) is 0 Å². The summed E-state index contributed by atoms with van der Waals surface area (Å²) in [6.07, 6.45) is 2.40. The zero-order valence-electron chi connectivity index (χ0n) is 12.3. The summed E-state index contributed by atoms with van der Waals surface area (Å²) < 4.78 is 18.1. The summed E-state index contributed by atoms with van der Waals surface area (Å²) in [6, 6.07) is 9.02. The number of nitrogens with one attached hydrogen (secondary N) is 2. The quantitative estimate of drug-likeness (QED) is 0.772. The number of ether oxygens (including phenoxy) is 1. The van der Waals surface area contributed by atoms with Crippen LogP contribution in [0.25, 0.3) is 0 Å². The lowest BCUT2D eigenvalue weighted by Gasteiger charge is -2.08. The van der Waals surface area contributed by atoms with Crippen LogP contribution in [-0.4, -0.2) is 31.2 Å². The van der Waals surface area contributed by atoms with E-state index in [4.69, 9.17) is 4.74 Å². The maximum Gasteiger partial charge on any atom is 0.255 e. The van der Waals surface area contributed by atoms with Gasteiger partial charge in [0.1, 0.15) is 11.6 Å². The molecule has 1 aromatic carbocycles. The number of rotatable bonds is 7. The topological polar surface area (TPSA) is 63.2 Å². The number of hydrogen-bond donors (Lipinski definition) is 2. The van der Waals surface area contributed by atoms with Crippen molar-refractivity contribution in [2.24, 2.45) is 0 Å². The van der Waals surface area contributed by atoms with Gasteiger partial charge in [0, 0.05) is 37.7 Å². The van der Waals surface area contributed by atoms with E-state index >= 15 is 0 Å². The number of amides is 1. The van der Waals surface area contributed by atoms with E-state index < -0.39 is 5.82 Å². The Bertz CT molecular complexity index is 634. The van der Waals surface area contributed by atoms with Crippen molar-refractivity contribution >= 4 is 17.4 Å². The molecular formula is C16H18FN3O2. The van der Waals surface area contributed by atoms with Crippen molar-refractivity contribution in [2.45, 2.75) is 6.42 Å². The Morgan fingerprint density at radius 2 is 2.18 bits per heavy atom. The van der Waals surface area contributed by atoms with Crippen LogP contribution < -0.4 is 10.6 Å². The van der Waals surface area contributed by atoms with Crippen LogP contribution in [0.2, 0.25) is 0 Å². The van der Waals surface area contributed by atoms with Crippen molar-refractivity contribution in [2.75, 3.05) is 30.9 Å². The lowest BCUT2D eigenvalue weighted by atomic mass is 10.2. The first-order valence-corrected chi connectivity index (χ1v) is 6.95. The Kier molecular flexibility index (Phi) is 5.85. The molecule has 0 atom stereocenters. The Morgan fingerprint density at radius 1 is 1.32 bits per heavy atom. The van der Waals surface area contributed by atoms with Crippen LogP contribution in [0.15, 0.2) is 42.6 Å². The second kappa shape index (κ2) is 8.09. The largest absolute Gasteiger partial charge is 0.385 e. The number of hydrogen-bond acceptors (Lipinski definition) is 4. The van der Waals surface area contributed by atoms with Gasteiger partial charge in [-0.1, -0.05) is 6.07 Å². The highest BCUT2D eigenvalue weighted by Crippen LogP contribution is 2.13. The predicted octanol–water partition coefficient (Wildman–Crippen LogP) is 2.92. The number of carbonyl (C=O) groups is 1. The fraction of sp³-hybridized carbons (Fsp3) is 0.250. The number of benzene rings is 1. The molecule has 116 valence electrons. The van der Waals surface area contributed by atoms with E-state index in [0.717, 1.165) is 6.42 Å². The molecule has 0 unspecified atom stereocenters. The minimum atomic E-state index is -0.395. The predicted molar refractivity (Wildman–Crippen MR) is 83.6 cm³/mol. The first-order chi connectivity index (χ1) is 10.7. The van der Waals surface area contributed by atoms with Gasteiger partial charge in [0.05, 0.1) is 0 Å². The van der Waals surface area contributed by atoms with Gasteiger partial charge in [0.15, 0.2) is 0 Å². The summed E-state index contributed by atoms with van der Waals surface area (Å²) in [4.78, 5) is 16.3. The van der Waals surface area contributed by atoms with E-state index in [1.54, 1.807) is 37.6 Å². The molecule has 5 nitrogen and oxygen atoms in total. The second-order valence-corrected chi connectivity index (χ2v) is 4.67. The maximum atomic E-state index is 13.1. The molecule has 1 amide bonds. The second-order valence-electron chi connectivity index (χ2n) is 4.67. The Hall–Kier alpha value is -2.47. The highest BCUT2D eigenvalue weighted by molar-refractivity contribution is 6.04. The van der Waals surface area contributed by atoms with Crippen LogP contribution in [-0.2, 0) is 4.74 Å². The van der Waals surface area contributed by atoms with Gasteiger partial charge in [-0.05, 0) is 36.8 Å². The smallest absolute Gasteiger partial charge is 0.255 e. The number of anilines is 2. The van der Waals surface area contributed by atoms with Gasteiger partial charge in [-0.3, -0.25) is 4.79 Å². The summed E-state index contributed by atoms with van der Waals surface area (Å²) in [6.45, 7) is 1.36. The Labute approximate surface area is 128 Å². The molecule has 1 heterocycles. The molecule has 0 saturated heterocycles. The third-order valence-electron chi connectivity index (χ3n) is 2.94. The summed E-state index contributed by atoms with van der Waals surface area (Å²) >= 11 is 0. The highest BCUT2D eigenvalue weighted by Gasteiger charge is 2.07. The highest BCUT2D eigenvalue weighted by atomic mass is 19.1. The number of methoxy groups -OCH3 is 1. The molecule has 2 N–H and O–H groups in total. The van der Waals surface area contributed by atoms with Crippen LogP contribution in [0, 0.1) is 5.82 Å². The minimum Gasteiger partial charge on any atom is -0.385 e. The Morgan fingerprint density at radius 3 is 2.95 bits per heavy atom. The molecular weight excluding hydrogens is 285 g/mol. The summed E-state index contributed by atoms with van der Waals surface area (Å²) in [5, 5.41) is 5.76. The van der Waals surface area contributed by atoms with Crippen molar-refractivity contribution in [1.82, 2.24) is 4.98 Å². The van der Waals surface area contributed by atoms with Gasteiger partial charge >= 0.3 is 0 Å². The Balaban J connectivity index is 1.97. The van der Waals surface area contributed by atoms with Crippen molar-refractivity contribution in [1.29, 1.82) is 0 Å². The number of halogens is 1. The fourth-order valence-corrected chi connectivity index (χ4v) is 1.87. The molecule has 0 saturated carbocycles. The third-order valence-corrected chi connectivity index (χ3v) is 2.94. The van der Waals surface area contributed by atoms with Gasteiger partial charge < -0.3 is 15.4 Å². The first kappa shape index (κ1) is 15.9. The van der Waals surface area contributed by atoms with Crippen LogP contribution in [0.4, 0.5) is 15.9 Å². The monoisotopic (exact) mass is 303 g/mol. The zero-order valence-corrected chi connectivity index (χ0v) is 12.3. The SMILES string of the molecule is COCCCNc1cc(C(=O)Nc2cccc(F)c2)ccn1. The van der Waals surface area contributed by atoms with E-state index in [1.807, 2.05) is 0 Å². The van der Waals surface area contributed by atoms with Gasteiger partial charge in [0.25, 0.3) is 5.91 Å². The number of nitrogens with zero attached hydrogens (tertiary/aromatic N) is 1. The average molecular weight is 303 g/mol. The third kappa shape index (κ3) is 4.82. The number of carbonyl (C=O) groups excluding carboxylic acids is 1. The standard InChI is InChI=1S/C16H18FN3O2/c1-22-9-3-7-18-15-10-12(6-8-19-15)16(21)20-14-5-2-4-13(17)11-14/h2,4-6,8,10-11H,3,7,9H2,1H3,(H,18,19)(H,20,21). The fourth-order valence-electron chi connectivity index (χ4n) is 1.87. The average Bonchev–Trinajstić information content (AvgIpc) is 2.52. The van der Waals surface area contributed by atoms with Crippen molar-refractivity contribution < 1.29 is 13.9 Å². The summed E-state index contributed by atoms with van der Waals surface area (Å²) in [5.41, 5.74) is 0.866. The zero-order chi connectivity index (χ0) is 15.8.